The van der Waals surface area contributed by atoms with Crippen molar-refractivity contribution in [1.29, 1.82) is 0 Å². The van der Waals surface area contributed by atoms with Crippen LogP contribution in [-0.2, 0) is 9.98 Å². The van der Waals surface area contributed by atoms with Crippen molar-refractivity contribution in [3.05, 3.63) is 186 Å². The summed E-state index contributed by atoms with van der Waals surface area (Å²) in [6, 6.07) is 59.4. The van der Waals surface area contributed by atoms with Crippen molar-refractivity contribution in [2.75, 3.05) is 13.3 Å². The predicted octanol–water partition coefficient (Wildman–Crippen LogP) is 12.7. The van der Waals surface area contributed by atoms with E-state index in [-0.39, 0.29) is 0 Å². The molecule has 0 bridgehead atoms. The molecule has 0 saturated carbocycles. The summed E-state index contributed by atoms with van der Waals surface area (Å²) in [5, 5.41) is 5.54. The molecule has 2 aliphatic rings. The van der Waals surface area contributed by atoms with Crippen molar-refractivity contribution in [3.63, 3.8) is 0 Å². The van der Waals surface area contributed by atoms with Gasteiger partial charge in [0.2, 0.25) is 0 Å². The van der Waals surface area contributed by atoms with Gasteiger partial charge < -0.3 is 8.98 Å². The van der Waals surface area contributed by atoms with Crippen LogP contribution >= 0.6 is 7.14 Å². The molecule has 3 heteroatoms. The van der Waals surface area contributed by atoms with E-state index in [2.05, 4.69) is 146 Å². The molecule has 0 aliphatic heterocycles. The van der Waals surface area contributed by atoms with Gasteiger partial charge in [-0.05, 0) is 110 Å². The Morgan fingerprint density at radius 2 is 1.12 bits per heavy atom. The number of furan rings is 1. The van der Waals surface area contributed by atoms with Gasteiger partial charge in [-0.15, -0.1) is 0 Å². The van der Waals surface area contributed by atoms with Crippen LogP contribution in [0.1, 0.15) is 22.3 Å². The number of para-hydroxylation sites is 1. The lowest BCUT2D eigenvalue weighted by Gasteiger charge is -2.30. The lowest BCUT2D eigenvalue weighted by molar-refractivity contribution is 0.588. The van der Waals surface area contributed by atoms with Gasteiger partial charge in [-0.1, -0.05) is 140 Å². The van der Waals surface area contributed by atoms with Crippen LogP contribution in [0.4, 0.5) is 0 Å². The molecule has 0 saturated heterocycles. The van der Waals surface area contributed by atoms with Crippen LogP contribution in [-0.4, -0.2) is 13.3 Å². The van der Waals surface area contributed by atoms with Gasteiger partial charge in [-0.3, -0.25) is 0 Å². The van der Waals surface area contributed by atoms with Gasteiger partial charge in [0.1, 0.15) is 18.3 Å². The van der Waals surface area contributed by atoms with Gasteiger partial charge in [-0.2, -0.15) is 0 Å². The quantitative estimate of drug-likeness (QED) is 0.173. The first-order chi connectivity index (χ1) is 25.4. The Kier molecular flexibility index (Phi) is 6.03. The van der Waals surface area contributed by atoms with Crippen LogP contribution in [0, 0.1) is 0 Å². The molecule has 11 rings (SSSR count). The maximum atomic E-state index is 13.1. The van der Waals surface area contributed by atoms with Crippen LogP contribution in [0.25, 0.3) is 77.2 Å². The third-order valence-corrected chi connectivity index (χ3v) is 13.1. The van der Waals surface area contributed by atoms with Crippen LogP contribution < -0.4 is 5.30 Å². The monoisotopic (exact) mass is 684 g/mol. The number of hydrogen-bond acceptors (Lipinski definition) is 2. The zero-order valence-electron chi connectivity index (χ0n) is 28.9. The summed E-state index contributed by atoms with van der Waals surface area (Å²) in [7, 11) is -2.44. The molecule has 9 aromatic rings. The molecule has 2 nitrogen and oxygen atoms in total. The summed E-state index contributed by atoms with van der Waals surface area (Å²) in [6.07, 6.45) is 0. The molecule has 52 heavy (non-hydrogen) atoms. The van der Waals surface area contributed by atoms with Crippen molar-refractivity contribution in [1.82, 2.24) is 0 Å². The average molecular weight is 685 g/mol. The molecule has 0 unspecified atom stereocenters. The van der Waals surface area contributed by atoms with E-state index in [9.17, 15) is 4.57 Å². The van der Waals surface area contributed by atoms with Gasteiger partial charge in [0.15, 0.2) is 0 Å². The molecular weight excluding hydrogens is 652 g/mol. The van der Waals surface area contributed by atoms with Gasteiger partial charge in [0.05, 0.1) is 5.41 Å². The maximum Gasteiger partial charge on any atom is 0.143 e. The average Bonchev–Trinajstić information content (AvgIpc) is 3.82. The molecule has 1 spiro atoms. The van der Waals surface area contributed by atoms with E-state index in [1.54, 1.807) is 0 Å². The van der Waals surface area contributed by atoms with E-state index in [0.717, 1.165) is 49.5 Å². The second-order valence-corrected chi connectivity index (χ2v) is 17.9. The van der Waals surface area contributed by atoms with Gasteiger partial charge in [0, 0.05) is 21.6 Å². The Morgan fingerprint density at radius 1 is 0.481 bits per heavy atom. The van der Waals surface area contributed by atoms with Gasteiger partial charge in [0.25, 0.3) is 0 Å². The SMILES string of the molecule is CP(C)(=O)c1cccc(-c2ccc(-c3ccc4c(c3)-c3c(ccc5ccccc35)C43c4ccccc4-c4ccccc43)c3oc4ccccc4c23)c1. The van der Waals surface area contributed by atoms with E-state index in [1.807, 2.05) is 31.5 Å². The molecule has 8 aromatic carbocycles. The molecule has 0 amide bonds. The van der Waals surface area contributed by atoms with Crippen LogP contribution in [0.2, 0.25) is 0 Å². The zero-order chi connectivity index (χ0) is 34.8. The Bertz CT molecular complexity index is 2980. The topological polar surface area (TPSA) is 30.2 Å². The minimum atomic E-state index is -2.44. The smallest absolute Gasteiger partial charge is 0.143 e. The maximum absolute atomic E-state index is 13.1. The number of hydrogen-bond donors (Lipinski definition) is 0. The number of benzene rings is 8. The fourth-order valence-corrected chi connectivity index (χ4v) is 10.3. The second kappa shape index (κ2) is 10.5. The Morgan fingerprint density at radius 3 is 1.90 bits per heavy atom. The standard InChI is InChI=1S/C49H33O2P/c1-52(2,50)33-14-11-13-31(28-33)35-24-25-36(48-47(35)39-18-7-10-21-45(39)51-48)32-23-26-43-40(29-32)46-34-15-4-3-12-30(34)22-27-44(46)49(43)41-19-8-5-16-37(41)38-17-6-9-20-42(38)49/h3-29H,1-2H3. The first-order valence-electron chi connectivity index (χ1n) is 17.9. The number of rotatable bonds is 3. The lowest BCUT2D eigenvalue weighted by atomic mass is 9.70. The van der Waals surface area contributed by atoms with Crippen molar-refractivity contribution in [2.45, 2.75) is 5.41 Å². The van der Waals surface area contributed by atoms with Crippen molar-refractivity contribution in [3.8, 4) is 44.5 Å². The van der Waals surface area contributed by atoms with Crippen LogP contribution in [0.5, 0.6) is 0 Å². The van der Waals surface area contributed by atoms with Crippen LogP contribution in [0.3, 0.4) is 0 Å². The van der Waals surface area contributed by atoms with Gasteiger partial charge in [-0.25, -0.2) is 0 Å². The van der Waals surface area contributed by atoms with Crippen molar-refractivity contribution < 1.29 is 8.98 Å². The van der Waals surface area contributed by atoms with E-state index in [0.29, 0.717) is 0 Å². The first-order valence-corrected chi connectivity index (χ1v) is 20.5. The summed E-state index contributed by atoms with van der Waals surface area (Å²) in [6.45, 7) is 3.67. The lowest BCUT2D eigenvalue weighted by Crippen LogP contribution is -2.25. The van der Waals surface area contributed by atoms with Gasteiger partial charge >= 0.3 is 0 Å². The fourth-order valence-electron chi connectivity index (χ4n) is 9.38. The summed E-state index contributed by atoms with van der Waals surface area (Å²) >= 11 is 0. The van der Waals surface area contributed by atoms with Crippen LogP contribution in [0.15, 0.2) is 168 Å². The Labute approximate surface area is 302 Å². The van der Waals surface area contributed by atoms with E-state index in [4.69, 9.17) is 4.42 Å². The molecule has 2 aliphatic carbocycles. The minimum absolute atomic E-state index is 0.415. The normalized spacial score (nSPS) is 13.8. The second-order valence-electron chi connectivity index (χ2n) is 14.7. The third-order valence-electron chi connectivity index (χ3n) is 11.6. The third kappa shape index (κ3) is 3.88. The molecule has 246 valence electrons. The summed E-state index contributed by atoms with van der Waals surface area (Å²) in [4.78, 5) is 0. The van der Waals surface area contributed by atoms with E-state index >= 15 is 0 Å². The highest BCUT2D eigenvalue weighted by Crippen LogP contribution is 2.64. The zero-order valence-corrected chi connectivity index (χ0v) is 29.7. The largest absolute Gasteiger partial charge is 0.455 e. The van der Waals surface area contributed by atoms with Crippen molar-refractivity contribution in [2.24, 2.45) is 0 Å². The number of fused-ring (bicyclic) bond motifs is 15. The Balaban J connectivity index is 1.21. The highest BCUT2D eigenvalue weighted by atomic mass is 31.2. The molecule has 0 fully saturated rings. The summed E-state index contributed by atoms with van der Waals surface area (Å²) in [5.74, 6) is 0. The summed E-state index contributed by atoms with van der Waals surface area (Å²) < 4.78 is 19.9. The van der Waals surface area contributed by atoms with E-state index in [1.165, 1.54) is 55.3 Å². The highest BCUT2D eigenvalue weighted by Gasteiger charge is 2.52. The van der Waals surface area contributed by atoms with E-state index < -0.39 is 12.6 Å². The minimum Gasteiger partial charge on any atom is -0.455 e. The summed E-state index contributed by atoms with van der Waals surface area (Å²) in [5.41, 5.74) is 16.1. The fraction of sp³-hybridized carbons (Fsp3) is 0.0612. The molecule has 0 N–H and O–H groups in total. The van der Waals surface area contributed by atoms with Crippen molar-refractivity contribution >= 4 is 45.2 Å². The molecule has 0 atom stereocenters. The molecule has 1 aromatic heterocycles. The first kappa shape index (κ1) is 29.7. The molecular formula is C49H33O2P. The highest BCUT2D eigenvalue weighted by molar-refractivity contribution is 7.70. The molecule has 0 radical (unpaired) electrons. The predicted molar refractivity (Wildman–Crippen MR) is 217 cm³/mol. The Hall–Kier alpha value is -5.95. The molecule has 1 heterocycles.